The van der Waals surface area contributed by atoms with E-state index in [1.807, 2.05) is 18.2 Å². The molecule has 0 saturated heterocycles. The van der Waals surface area contributed by atoms with Crippen molar-refractivity contribution in [2.45, 2.75) is 39.0 Å². The van der Waals surface area contributed by atoms with Crippen molar-refractivity contribution >= 4 is 17.4 Å². The van der Waals surface area contributed by atoms with Crippen molar-refractivity contribution in [2.24, 2.45) is 5.41 Å². The van der Waals surface area contributed by atoms with Crippen LogP contribution >= 0.6 is 0 Å². The third-order valence-corrected chi connectivity index (χ3v) is 4.67. The number of amides is 1. The van der Waals surface area contributed by atoms with Crippen molar-refractivity contribution < 1.29 is 9.59 Å². The molecule has 3 heteroatoms. The first-order valence-corrected chi connectivity index (χ1v) is 6.95. The number of benzene rings is 1. The number of carbonyl (C=O) groups is 2. The molecule has 1 amide bonds. The number of hydrogen-bond acceptors (Lipinski definition) is 2. The summed E-state index contributed by atoms with van der Waals surface area (Å²) in [7, 11) is 1.79. The molecule has 19 heavy (non-hydrogen) atoms. The van der Waals surface area contributed by atoms with Gasteiger partial charge in [0.05, 0.1) is 6.42 Å². The zero-order chi connectivity index (χ0) is 13.6. The molecule has 3 rings (SSSR count). The smallest absolute Gasteiger partial charge is 0.231 e. The molecule has 0 spiro atoms. The average Bonchev–Trinajstić information content (AvgIpc) is 2.95. The first kappa shape index (κ1) is 12.4. The average molecular weight is 257 g/mol. The number of Topliss-reactive ketones (excluding diaryl/α,β-unsaturated/α-hetero) is 1. The standard InChI is InChI=1S/C16H19NO2/c1-16(7-3-4-8-16)15(19)11-5-6-13-12(9-11)10-14(18)17(13)2/h5-6,9H,3-4,7-8,10H2,1-2H3. The second-order valence-electron chi connectivity index (χ2n) is 6.07. The van der Waals surface area contributed by atoms with Crippen LogP contribution in [0.25, 0.3) is 0 Å². The number of anilines is 1. The molecule has 1 aromatic carbocycles. The molecule has 3 nitrogen and oxygen atoms in total. The molecule has 2 aliphatic rings. The Bertz CT molecular complexity index is 556. The number of carbonyl (C=O) groups excluding carboxylic acids is 2. The highest BCUT2D eigenvalue weighted by Gasteiger charge is 2.37. The summed E-state index contributed by atoms with van der Waals surface area (Å²) in [4.78, 5) is 26.0. The molecule has 0 aromatic heterocycles. The van der Waals surface area contributed by atoms with Gasteiger partial charge in [-0.2, -0.15) is 0 Å². The lowest BCUT2D eigenvalue weighted by atomic mass is 9.80. The molecule has 1 aliphatic heterocycles. The number of likely N-dealkylation sites (N-methyl/N-ethyl adjacent to an activating group) is 1. The topological polar surface area (TPSA) is 37.4 Å². The van der Waals surface area contributed by atoms with Crippen LogP contribution in [-0.2, 0) is 11.2 Å². The minimum Gasteiger partial charge on any atom is -0.315 e. The van der Waals surface area contributed by atoms with Gasteiger partial charge in [0.2, 0.25) is 5.91 Å². The third kappa shape index (κ3) is 1.88. The van der Waals surface area contributed by atoms with E-state index in [0.29, 0.717) is 6.42 Å². The first-order valence-electron chi connectivity index (χ1n) is 6.95. The fraction of sp³-hybridized carbons (Fsp3) is 0.500. The van der Waals surface area contributed by atoms with Gasteiger partial charge in [0, 0.05) is 23.7 Å². The molecule has 0 radical (unpaired) electrons. The molecular weight excluding hydrogens is 238 g/mol. The zero-order valence-corrected chi connectivity index (χ0v) is 11.5. The van der Waals surface area contributed by atoms with Gasteiger partial charge in [-0.05, 0) is 36.6 Å². The van der Waals surface area contributed by atoms with Crippen molar-refractivity contribution in [3.05, 3.63) is 29.3 Å². The lowest BCUT2D eigenvalue weighted by Gasteiger charge is -2.22. The van der Waals surface area contributed by atoms with Gasteiger partial charge in [-0.25, -0.2) is 0 Å². The van der Waals surface area contributed by atoms with E-state index in [-0.39, 0.29) is 17.1 Å². The molecule has 0 unspecified atom stereocenters. The SMILES string of the molecule is CN1C(=O)Cc2cc(C(=O)C3(C)CCCC3)ccc21. The highest BCUT2D eigenvalue weighted by Crippen LogP contribution is 2.41. The van der Waals surface area contributed by atoms with Gasteiger partial charge in [-0.15, -0.1) is 0 Å². The lowest BCUT2D eigenvalue weighted by Crippen LogP contribution is -2.24. The summed E-state index contributed by atoms with van der Waals surface area (Å²) >= 11 is 0. The highest BCUT2D eigenvalue weighted by molar-refractivity contribution is 6.04. The van der Waals surface area contributed by atoms with E-state index >= 15 is 0 Å². The molecule has 0 N–H and O–H groups in total. The Hall–Kier alpha value is -1.64. The second-order valence-corrected chi connectivity index (χ2v) is 6.07. The van der Waals surface area contributed by atoms with Crippen LogP contribution in [0.5, 0.6) is 0 Å². The molecule has 1 aliphatic carbocycles. The lowest BCUT2D eigenvalue weighted by molar-refractivity contribution is -0.117. The Morgan fingerprint density at radius 1 is 1.26 bits per heavy atom. The minimum absolute atomic E-state index is 0.103. The van der Waals surface area contributed by atoms with Gasteiger partial charge in [-0.1, -0.05) is 19.8 Å². The van der Waals surface area contributed by atoms with Crippen LogP contribution in [-0.4, -0.2) is 18.7 Å². The van der Waals surface area contributed by atoms with Crippen LogP contribution in [0, 0.1) is 5.41 Å². The molecule has 1 heterocycles. The Kier molecular flexibility index (Phi) is 2.73. The van der Waals surface area contributed by atoms with Gasteiger partial charge < -0.3 is 4.90 Å². The summed E-state index contributed by atoms with van der Waals surface area (Å²) < 4.78 is 0. The molecule has 0 bridgehead atoms. The van der Waals surface area contributed by atoms with Gasteiger partial charge in [-0.3, -0.25) is 9.59 Å². The summed E-state index contributed by atoms with van der Waals surface area (Å²) in [6, 6.07) is 5.70. The van der Waals surface area contributed by atoms with Crippen LogP contribution in [0.4, 0.5) is 5.69 Å². The molecule has 1 aromatic rings. The summed E-state index contributed by atoms with van der Waals surface area (Å²) in [5.74, 6) is 0.349. The van der Waals surface area contributed by atoms with Crippen LogP contribution in [0.15, 0.2) is 18.2 Å². The van der Waals surface area contributed by atoms with Gasteiger partial charge in [0.1, 0.15) is 0 Å². The van der Waals surface area contributed by atoms with Crippen LogP contribution in [0.3, 0.4) is 0 Å². The van der Waals surface area contributed by atoms with E-state index in [1.165, 1.54) is 0 Å². The van der Waals surface area contributed by atoms with Crippen molar-refractivity contribution in [3.63, 3.8) is 0 Å². The summed E-state index contributed by atoms with van der Waals surface area (Å²) in [5.41, 5.74) is 2.51. The molecular formula is C16H19NO2. The number of rotatable bonds is 2. The normalized spacial score (nSPS) is 20.7. The summed E-state index contributed by atoms with van der Waals surface area (Å²) in [6.45, 7) is 2.08. The van der Waals surface area contributed by atoms with Crippen LogP contribution < -0.4 is 4.90 Å². The zero-order valence-electron chi connectivity index (χ0n) is 11.5. The largest absolute Gasteiger partial charge is 0.315 e. The number of nitrogens with zero attached hydrogens (tertiary/aromatic N) is 1. The van der Waals surface area contributed by atoms with E-state index < -0.39 is 0 Å². The van der Waals surface area contributed by atoms with Gasteiger partial charge in [0.25, 0.3) is 0 Å². The van der Waals surface area contributed by atoms with Crippen LogP contribution in [0.1, 0.15) is 48.5 Å². The van der Waals surface area contributed by atoms with Crippen molar-refractivity contribution in [2.75, 3.05) is 11.9 Å². The van der Waals surface area contributed by atoms with E-state index in [0.717, 1.165) is 42.5 Å². The predicted molar refractivity (Wildman–Crippen MR) is 74.5 cm³/mol. The van der Waals surface area contributed by atoms with Crippen molar-refractivity contribution in [3.8, 4) is 0 Å². The maximum Gasteiger partial charge on any atom is 0.231 e. The minimum atomic E-state index is -0.192. The number of fused-ring (bicyclic) bond motifs is 1. The molecule has 1 fully saturated rings. The number of hydrogen-bond donors (Lipinski definition) is 0. The van der Waals surface area contributed by atoms with Crippen molar-refractivity contribution in [1.29, 1.82) is 0 Å². The molecule has 100 valence electrons. The highest BCUT2D eigenvalue weighted by atomic mass is 16.2. The summed E-state index contributed by atoms with van der Waals surface area (Å²) in [5, 5.41) is 0. The Morgan fingerprint density at radius 3 is 2.63 bits per heavy atom. The first-order chi connectivity index (χ1) is 9.01. The maximum absolute atomic E-state index is 12.6. The quantitative estimate of drug-likeness (QED) is 0.764. The predicted octanol–water partition coefficient (Wildman–Crippen LogP) is 2.97. The maximum atomic E-state index is 12.6. The van der Waals surface area contributed by atoms with Gasteiger partial charge in [0.15, 0.2) is 5.78 Å². The van der Waals surface area contributed by atoms with Crippen molar-refractivity contribution in [1.82, 2.24) is 0 Å². The fourth-order valence-corrected chi connectivity index (χ4v) is 3.34. The van der Waals surface area contributed by atoms with E-state index in [4.69, 9.17) is 0 Å². The van der Waals surface area contributed by atoms with E-state index in [2.05, 4.69) is 6.92 Å². The van der Waals surface area contributed by atoms with Crippen LogP contribution in [0.2, 0.25) is 0 Å². The van der Waals surface area contributed by atoms with Gasteiger partial charge >= 0.3 is 0 Å². The third-order valence-electron chi connectivity index (χ3n) is 4.67. The Labute approximate surface area is 113 Å². The van der Waals surface area contributed by atoms with E-state index in [1.54, 1.807) is 11.9 Å². The summed E-state index contributed by atoms with van der Waals surface area (Å²) in [6.07, 6.45) is 4.69. The molecule has 1 saturated carbocycles. The Balaban J connectivity index is 1.94. The fourth-order valence-electron chi connectivity index (χ4n) is 3.34. The monoisotopic (exact) mass is 257 g/mol. The Morgan fingerprint density at radius 2 is 1.95 bits per heavy atom. The number of ketones is 1. The second kappa shape index (κ2) is 4.19. The molecule has 0 atom stereocenters. The van der Waals surface area contributed by atoms with E-state index in [9.17, 15) is 9.59 Å².